The molecule has 1 aromatic carbocycles. The number of ether oxygens (including phenoxy) is 1. The van der Waals surface area contributed by atoms with Gasteiger partial charge in [0.05, 0.1) is 6.61 Å². The highest BCUT2D eigenvalue weighted by Gasteiger charge is 2.26. The van der Waals surface area contributed by atoms with E-state index in [1.54, 1.807) is 6.07 Å². The molecule has 19 heavy (non-hydrogen) atoms. The van der Waals surface area contributed by atoms with Crippen LogP contribution in [0.25, 0.3) is 0 Å². The van der Waals surface area contributed by atoms with Gasteiger partial charge in [0.2, 0.25) is 0 Å². The molecule has 0 aromatic heterocycles. The van der Waals surface area contributed by atoms with Crippen LogP contribution in [0.15, 0.2) is 18.2 Å². The average Bonchev–Trinajstić information content (AvgIpc) is 2.43. The molecule has 0 aliphatic carbocycles. The normalized spacial score (nSPS) is 20.5. The summed E-state index contributed by atoms with van der Waals surface area (Å²) in [5.74, 6) is -0.264. The zero-order valence-electron chi connectivity index (χ0n) is 11.5. The van der Waals surface area contributed by atoms with Crippen LogP contribution >= 0.6 is 0 Å². The monoisotopic (exact) mass is 265 g/mol. The summed E-state index contributed by atoms with van der Waals surface area (Å²) in [6.45, 7) is 6.99. The minimum Gasteiger partial charge on any atom is -0.368 e. The van der Waals surface area contributed by atoms with Gasteiger partial charge in [-0.05, 0) is 36.7 Å². The molecule has 0 saturated carbocycles. The summed E-state index contributed by atoms with van der Waals surface area (Å²) in [7, 11) is 0. The minimum absolute atomic E-state index is 0.0341. The second kappa shape index (κ2) is 6.26. The Labute approximate surface area is 113 Å². The van der Waals surface area contributed by atoms with Crippen molar-refractivity contribution in [3.63, 3.8) is 0 Å². The lowest BCUT2D eigenvalue weighted by Crippen LogP contribution is -2.46. The zero-order chi connectivity index (χ0) is 13.8. The first-order valence-electron chi connectivity index (χ1n) is 6.72. The number of nitrogens with zero attached hydrogens (tertiary/aromatic N) is 1. The lowest BCUT2D eigenvalue weighted by Gasteiger charge is -2.31. The molecule has 3 nitrogen and oxygen atoms in total. The van der Waals surface area contributed by atoms with Crippen molar-refractivity contribution >= 4 is 5.78 Å². The molecular weight excluding hydrogens is 245 g/mol. The molecule has 1 aliphatic heterocycles. The molecule has 1 saturated heterocycles. The van der Waals surface area contributed by atoms with Crippen molar-refractivity contribution in [2.75, 3.05) is 26.2 Å². The standard InChI is InChI=1S/C15H20FNO2/c1-3-17-6-7-19-15(10-17)14(18)9-12-8-13(16)5-4-11(12)2/h4-5,8,15H,3,6-7,9-10H2,1-2H3. The van der Waals surface area contributed by atoms with Crippen LogP contribution in [0, 0.1) is 12.7 Å². The Bertz CT molecular complexity index is 461. The van der Waals surface area contributed by atoms with Crippen LogP contribution in [0.1, 0.15) is 18.1 Å². The van der Waals surface area contributed by atoms with Crippen LogP contribution in [-0.4, -0.2) is 43.0 Å². The largest absolute Gasteiger partial charge is 0.368 e. The van der Waals surface area contributed by atoms with E-state index < -0.39 is 0 Å². The van der Waals surface area contributed by atoms with E-state index in [4.69, 9.17) is 4.74 Å². The highest BCUT2D eigenvalue weighted by molar-refractivity contribution is 5.85. The Morgan fingerprint density at radius 2 is 2.32 bits per heavy atom. The van der Waals surface area contributed by atoms with Gasteiger partial charge in [0, 0.05) is 19.5 Å². The first kappa shape index (κ1) is 14.2. The van der Waals surface area contributed by atoms with Gasteiger partial charge in [0.15, 0.2) is 5.78 Å². The number of Topliss-reactive ketones (excluding diaryl/α,β-unsaturated/α-hetero) is 1. The number of carbonyl (C=O) groups excluding carboxylic acids is 1. The van der Waals surface area contributed by atoms with Crippen LogP contribution in [0.3, 0.4) is 0 Å². The number of rotatable bonds is 4. The summed E-state index contributed by atoms with van der Waals surface area (Å²) in [6, 6.07) is 4.56. The Balaban J connectivity index is 2.02. The first-order valence-corrected chi connectivity index (χ1v) is 6.72. The fourth-order valence-electron chi connectivity index (χ4n) is 2.32. The number of benzene rings is 1. The molecular formula is C15H20FNO2. The SMILES string of the molecule is CCN1CCOC(C(=O)Cc2cc(F)ccc2C)C1. The summed E-state index contributed by atoms with van der Waals surface area (Å²) in [4.78, 5) is 14.4. The lowest BCUT2D eigenvalue weighted by molar-refractivity contribution is -0.135. The number of likely N-dealkylation sites (N-methyl/N-ethyl adjacent to an activating group) is 1. The number of hydrogen-bond acceptors (Lipinski definition) is 3. The van der Waals surface area contributed by atoms with Crippen molar-refractivity contribution in [1.82, 2.24) is 4.90 Å². The molecule has 0 N–H and O–H groups in total. The Hall–Kier alpha value is -1.26. The van der Waals surface area contributed by atoms with E-state index >= 15 is 0 Å². The van der Waals surface area contributed by atoms with Gasteiger partial charge in [-0.25, -0.2) is 4.39 Å². The summed E-state index contributed by atoms with van der Waals surface area (Å²) in [6.07, 6.45) is -0.136. The Kier molecular flexibility index (Phi) is 4.66. The summed E-state index contributed by atoms with van der Waals surface area (Å²) >= 11 is 0. The molecule has 1 atom stereocenters. The van der Waals surface area contributed by atoms with Crippen LogP contribution < -0.4 is 0 Å². The first-order chi connectivity index (χ1) is 9.10. The molecule has 0 radical (unpaired) electrons. The van der Waals surface area contributed by atoms with E-state index in [1.165, 1.54) is 12.1 Å². The maximum absolute atomic E-state index is 13.2. The van der Waals surface area contributed by atoms with Gasteiger partial charge in [-0.3, -0.25) is 9.69 Å². The van der Waals surface area contributed by atoms with Crippen molar-refractivity contribution in [3.05, 3.63) is 35.1 Å². The molecule has 1 aromatic rings. The molecule has 1 fully saturated rings. The molecule has 1 aliphatic rings. The molecule has 0 spiro atoms. The summed E-state index contributed by atoms with van der Waals surface area (Å²) < 4.78 is 18.7. The quantitative estimate of drug-likeness (QED) is 0.833. The summed E-state index contributed by atoms with van der Waals surface area (Å²) in [5.41, 5.74) is 1.69. The van der Waals surface area contributed by atoms with Crippen LogP contribution in [0.5, 0.6) is 0 Å². The van der Waals surface area contributed by atoms with Crippen LogP contribution in [0.2, 0.25) is 0 Å². The molecule has 1 heterocycles. The number of ketones is 1. The minimum atomic E-state index is -0.378. The van der Waals surface area contributed by atoms with E-state index in [9.17, 15) is 9.18 Å². The van der Waals surface area contributed by atoms with Crippen molar-refractivity contribution in [2.45, 2.75) is 26.4 Å². The van der Waals surface area contributed by atoms with Crippen molar-refractivity contribution in [2.24, 2.45) is 0 Å². The number of carbonyl (C=O) groups is 1. The van der Waals surface area contributed by atoms with Gasteiger partial charge in [-0.2, -0.15) is 0 Å². The zero-order valence-corrected chi connectivity index (χ0v) is 11.5. The predicted octanol–water partition coefficient (Wildman–Crippen LogP) is 1.97. The summed E-state index contributed by atoms with van der Waals surface area (Å²) in [5, 5.41) is 0. The Morgan fingerprint density at radius 1 is 1.53 bits per heavy atom. The van der Waals surface area contributed by atoms with Gasteiger partial charge in [-0.15, -0.1) is 0 Å². The lowest BCUT2D eigenvalue weighted by atomic mass is 10.00. The van der Waals surface area contributed by atoms with E-state index in [1.807, 2.05) is 6.92 Å². The van der Waals surface area contributed by atoms with Crippen molar-refractivity contribution in [1.29, 1.82) is 0 Å². The maximum Gasteiger partial charge on any atom is 0.167 e. The van der Waals surface area contributed by atoms with Crippen molar-refractivity contribution < 1.29 is 13.9 Å². The molecule has 4 heteroatoms. The highest BCUT2D eigenvalue weighted by Crippen LogP contribution is 2.14. The third-order valence-electron chi connectivity index (χ3n) is 3.63. The average molecular weight is 265 g/mol. The number of morpholine rings is 1. The third kappa shape index (κ3) is 3.61. The Morgan fingerprint density at radius 3 is 3.05 bits per heavy atom. The highest BCUT2D eigenvalue weighted by atomic mass is 19.1. The predicted molar refractivity (Wildman–Crippen MR) is 71.7 cm³/mol. The smallest absolute Gasteiger partial charge is 0.167 e. The second-order valence-corrected chi connectivity index (χ2v) is 4.97. The van der Waals surface area contributed by atoms with Crippen LogP contribution in [0.4, 0.5) is 4.39 Å². The molecule has 2 rings (SSSR count). The fourth-order valence-corrected chi connectivity index (χ4v) is 2.32. The van der Waals surface area contributed by atoms with Gasteiger partial charge in [-0.1, -0.05) is 13.0 Å². The third-order valence-corrected chi connectivity index (χ3v) is 3.63. The number of halogens is 1. The van der Waals surface area contributed by atoms with E-state index in [-0.39, 0.29) is 24.1 Å². The van der Waals surface area contributed by atoms with Gasteiger partial charge >= 0.3 is 0 Å². The second-order valence-electron chi connectivity index (χ2n) is 4.97. The molecule has 1 unspecified atom stereocenters. The topological polar surface area (TPSA) is 29.5 Å². The molecule has 0 amide bonds. The van der Waals surface area contributed by atoms with Crippen LogP contribution in [-0.2, 0) is 16.0 Å². The van der Waals surface area contributed by atoms with Gasteiger partial charge in [0.1, 0.15) is 11.9 Å². The molecule has 104 valence electrons. The van der Waals surface area contributed by atoms with Crippen molar-refractivity contribution in [3.8, 4) is 0 Å². The molecule has 0 bridgehead atoms. The number of aryl methyl sites for hydroxylation is 1. The maximum atomic E-state index is 13.2. The van der Waals surface area contributed by atoms with E-state index in [0.29, 0.717) is 13.2 Å². The number of hydrogen-bond donors (Lipinski definition) is 0. The van der Waals surface area contributed by atoms with Gasteiger partial charge in [0.25, 0.3) is 0 Å². The van der Waals surface area contributed by atoms with Gasteiger partial charge < -0.3 is 4.74 Å². The van der Waals surface area contributed by atoms with E-state index in [2.05, 4.69) is 11.8 Å². The fraction of sp³-hybridized carbons (Fsp3) is 0.533. The van der Waals surface area contributed by atoms with E-state index in [0.717, 1.165) is 24.2 Å².